The Morgan fingerprint density at radius 3 is 0.916 bits per heavy atom. The van der Waals surface area contributed by atoms with Crippen LogP contribution in [0.5, 0.6) is 0 Å². The number of aliphatic hydroxyl groups excluding tert-OH is 12. The predicted molar refractivity (Wildman–Crippen MR) is 344 cm³/mol. The molecule has 0 rings (SSSR count). The number of hydrogen-bond acceptors (Lipinski definition) is 26. The van der Waals surface area contributed by atoms with Gasteiger partial charge in [-0.15, -0.1) is 0 Å². The lowest BCUT2D eigenvalue weighted by Crippen LogP contribution is -2.56. The third kappa shape index (κ3) is 52.3. The Kier molecular flexibility index (Phi) is 45.8. The largest absolute Gasteiger partial charge is 0.437 e. The Balaban J connectivity index is -0.000000586. The fraction of sp³-hybridized carbons (Fsp3) is 1.00. The minimum absolute atomic E-state index is 0.0426. The van der Waals surface area contributed by atoms with Crippen molar-refractivity contribution in [1.29, 1.82) is 0 Å². The molecule has 26 nitrogen and oxygen atoms in total. The molecule has 506 valence electrons. The van der Waals surface area contributed by atoms with Crippen molar-refractivity contribution in [3.63, 3.8) is 0 Å². The van der Waals surface area contributed by atoms with Gasteiger partial charge in [0, 0.05) is 60.7 Å². The Hall–Kier alpha value is 0.912. The first kappa shape index (κ1) is 90.3. The average molecular weight is 1370 g/mol. The van der Waals surface area contributed by atoms with E-state index in [0.717, 1.165) is 24.9 Å². The van der Waals surface area contributed by atoms with Gasteiger partial charge < -0.3 is 124 Å². The minimum atomic E-state index is -2.54. The average Bonchev–Trinajstić information content (AvgIpc) is 3.28. The van der Waals surface area contributed by atoms with Crippen molar-refractivity contribution in [2.24, 2.45) is 0 Å². The number of hydrogen-bond donors (Lipinski definition) is 14. The van der Waals surface area contributed by atoms with E-state index in [-0.39, 0.29) is 39.4 Å². The molecule has 83 heavy (non-hydrogen) atoms. The summed E-state index contributed by atoms with van der Waals surface area (Å²) in [5.74, 6) is 0. The lowest BCUT2D eigenvalue weighted by atomic mass is 10.0. The first-order chi connectivity index (χ1) is 37.2. The van der Waals surface area contributed by atoms with Crippen LogP contribution in [0.1, 0.15) is 12.8 Å². The molecule has 0 saturated heterocycles. The molecule has 0 aromatic heterocycles. The van der Waals surface area contributed by atoms with Crippen molar-refractivity contribution in [3.05, 3.63) is 0 Å². The van der Waals surface area contributed by atoms with E-state index in [9.17, 15) is 60.7 Å². The lowest BCUT2D eigenvalue weighted by Gasteiger charge is -2.41. The summed E-state index contributed by atoms with van der Waals surface area (Å²) in [5.41, 5.74) is 0. The lowest BCUT2D eigenvalue weighted by molar-refractivity contribution is -0.119. The zero-order valence-corrected chi connectivity index (χ0v) is 64.4. The van der Waals surface area contributed by atoms with Gasteiger partial charge in [-0.05, 0) is 163 Å². The summed E-state index contributed by atoms with van der Waals surface area (Å²) in [6.07, 6.45) is -12.6. The van der Waals surface area contributed by atoms with Crippen LogP contribution < -0.4 is 0 Å². The molecule has 0 amide bonds. The summed E-state index contributed by atoms with van der Waals surface area (Å²) < 4.78 is 57.5. The van der Waals surface area contributed by atoms with E-state index in [1.807, 2.05) is 19.6 Å². The van der Waals surface area contributed by atoms with Crippen LogP contribution >= 0.6 is 0 Å². The number of likely N-dealkylation sites (N-methyl/N-ethyl adjacent to an activating group) is 2. The van der Waals surface area contributed by atoms with Crippen LogP contribution in [0.2, 0.25) is 136 Å². The Morgan fingerprint density at radius 1 is 0.361 bits per heavy atom. The third-order valence-corrected chi connectivity index (χ3v) is 36.8. The summed E-state index contributed by atoms with van der Waals surface area (Å²) >= 11 is 0. The molecule has 35 heteroatoms. The van der Waals surface area contributed by atoms with Crippen molar-refractivity contribution in [2.45, 2.75) is 210 Å². The maximum atomic E-state index is 10.3. The van der Waals surface area contributed by atoms with Crippen LogP contribution in [0.3, 0.4) is 0 Å². The van der Waals surface area contributed by atoms with Crippen molar-refractivity contribution in [1.82, 2.24) is 9.80 Å². The van der Waals surface area contributed by atoms with E-state index in [4.69, 9.17) is 53.5 Å². The van der Waals surface area contributed by atoms with Crippen LogP contribution in [0.4, 0.5) is 0 Å². The van der Waals surface area contributed by atoms with Crippen molar-refractivity contribution >= 4 is 76.3 Å². The van der Waals surface area contributed by atoms with Gasteiger partial charge in [0.25, 0.3) is 0 Å². The molecule has 0 aromatic rings. The van der Waals surface area contributed by atoms with Crippen LogP contribution in [0.15, 0.2) is 0 Å². The molecule has 0 aliphatic rings. The van der Waals surface area contributed by atoms with Crippen molar-refractivity contribution in [2.75, 3.05) is 101 Å². The SMILES string of the molecule is CN(CC(O)COCCC[Si](C)(O[Si](C)(C)C)O[Si](C)(C)O[Si](C)(C)C)CC(O)C(O)C(O)C(O)CO.CO[Si](C)(C)C.CO[Si](C)(CCCOCC(O)CN(C)CC(O)C(O)C(O)C(O)CO)OC.C[Si](C)(O)O[Si](C)(C)O[Si](C)(C)O. The molecular weight excluding hydrogens is 1240 g/mol. The predicted octanol–water partition coefficient (Wildman–Crippen LogP) is 0.679. The summed E-state index contributed by atoms with van der Waals surface area (Å²) in [7, 11) is -10.8. The summed E-state index contributed by atoms with van der Waals surface area (Å²) in [6.45, 7) is 38.0. The molecule has 0 radical (unpaired) electrons. The molecule has 0 heterocycles. The first-order valence-corrected chi connectivity index (χ1v) is 54.9. The molecular formula is C48H124N2O24Si9. The van der Waals surface area contributed by atoms with Gasteiger partial charge in [0.1, 0.15) is 36.6 Å². The van der Waals surface area contributed by atoms with Gasteiger partial charge in [-0.1, -0.05) is 0 Å². The second kappa shape index (κ2) is 42.1. The highest BCUT2D eigenvalue weighted by atomic mass is 28.5. The van der Waals surface area contributed by atoms with Gasteiger partial charge in [0.15, 0.2) is 25.0 Å². The van der Waals surface area contributed by atoms with E-state index >= 15 is 0 Å². The molecule has 14 N–H and O–H groups in total. The van der Waals surface area contributed by atoms with Crippen molar-refractivity contribution in [3.8, 4) is 0 Å². The molecule has 0 aliphatic carbocycles. The highest BCUT2D eigenvalue weighted by molar-refractivity contribution is 6.89. The second-order valence-electron chi connectivity index (χ2n) is 26.1. The van der Waals surface area contributed by atoms with Gasteiger partial charge in [-0.25, -0.2) is 0 Å². The minimum Gasteiger partial charge on any atom is -0.437 e. The number of aliphatic hydroxyl groups is 12. The van der Waals surface area contributed by atoms with E-state index < -0.39 is 151 Å². The quantitative estimate of drug-likeness (QED) is 0.0296. The maximum Gasteiger partial charge on any atom is 0.334 e. The fourth-order valence-corrected chi connectivity index (χ4v) is 37.4. The zero-order valence-electron chi connectivity index (χ0n) is 55.4. The molecule has 0 spiro atoms. The first-order valence-electron chi connectivity index (χ1n) is 28.3. The number of nitrogens with zero attached hydrogens (tertiary/aromatic N) is 2. The van der Waals surface area contributed by atoms with Crippen molar-refractivity contribution < 1.29 is 114 Å². The normalized spacial score (nSPS) is 17.8. The molecule has 0 bridgehead atoms. The molecule has 0 fully saturated rings. The topological polar surface area (TPSA) is 382 Å². The smallest absolute Gasteiger partial charge is 0.334 e. The van der Waals surface area contributed by atoms with Crippen LogP contribution in [0.25, 0.3) is 0 Å². The summed E-state index contributed by atoms with van der Waals surface area (Å²) in [5, 5.41) is 116. The Bertz CT molecular complexity index is 1600. The summed E-state index contributed by atoms with van der Waals surface area (Å²) in [4.78, 5) is 22.3. The van der Waals surface area contributed by atoms with E-state index in [1.165, 1.54) is 0 Å². The van der Waals surface area contributed by atoms with Gasteiger partial charge in [0.2, 0.25) is 0 Å². The standard InChI is InChI=1S/C22H55NO10Si4.C16H37NO9Si.C6H20O4Si3.C4H12OSi/c1-23(15-19(26)21(28)22(29)20(27)16-24)14-18(25)17-30-12-11-13-37(10,32-35(5,6)7)33-36(8,9)31-34(2,3)4;1-17(9-13(20)15(22)16(23)14(21)10-18)8-12(19)11-26-6-5-7-27(4,24-2)25-3;1-11(2,7)9-13(5,6)10-12(3,4)8;1-5-6(2,3)4/h18-22,24-29H,11-17H2,1-10H3;12-16,18-23H,5-11H2,1-4H3;7-8H,1-6H3;1-4H3. The molecule has 0 aliphatic heterocycles. The Morgan fingerprint density at radius 2 is 0.651 bits per heavy atom. The van der Waals surface area contributed by atoms with E-state index in [2.05, 4.69) is 78.6 Å². The molecule has 11 unspecified atom stereocenters. The number of rotatable bonds is 41. The van der Waals surface area contributed by atoms with E-state index in [0.29, 0.717) is 13.2 Å². The van der Waals surface area contributed by atoms with Crippen LogP contribution in [-0.4, -0.2) is 319 Å². The monoisotopic (exact) mass is 1360 g/mol. The summed E-state index contributed by atoms with van der Waals surface area (Å²) in [6, 6.07) is 1.53. The number of ether oxygens (including phenoxy) is 2. The maximum absolute atomic E-state index is 10.3. The molecule has 11 atom stereocenters. The fourth-order valence-electron chi connectivity index (χ4n) is 7.94. The highest BCUT2D eigenvalue weighted by Crippen LogP contribution is 2.28. The van der Waals surface area contributed by atoms with Gasteiger partial charge in [-0.3, -0.25) is 0 Å². The van der Waals surface area contributed by atoms with Gasteiger partial charge in [0.05, 0.1) is 50.8 Å². The van der Waals surface area contributed by atoms with Crippen LogP contribution in [-0.2, 0) is 43.3 Å². The molecule has 0 saturated carbocycles. The van der Waals surface area contributed by atoms with Gasteiger partial charge in [-0.2, -0.15) is 0 Å². The zero-order chi connectivity index (χ0) is 66.4. The van der Waals surface area contributed by atoms with Crippen LogP contribution in [0, 0.1) is 0 Å². The highest BCUT2D eigenvalue weighted by Gasteiger charge is 2.44. The second-order valence-corrected chi connectivity index (χ2v) is 61.0. The Labute approximate surface area is 509 Å². The van der Waals surface area contributed by atoms with Gasteiger partial charge >= 0.3 is 51.4 Å². The molecule has 0 aromatic carbocycles. The van der Waals surface area contributed by atoms with E-state index in [1.54, 1.807) is 71.4 Å². The third-order valence-electron chi connectivity index (χ3n) is 11.2.